The van der Waals surface area contributed by atoms with Crippen molar-refractivity contribution in [2.75, 3.05) is 21.0 Å². The Bertz CT molecular complexity index is 551. The number of fused-ring (bicyclic) bond motifs is 1. The summed E-state index contributed by atoms with van der Waals surface area (Å²) in [6.07, 6.45) is 2.27. The second-order valence-corrected chi connectivity index (χ2v) is 4.22. The maximum atomic E-state index is 11.9. The molecule has 0 N–H and O–H groups in total. The van der Waals surface area contributed by atoms with Gasteiger partial charge < -0.3 is 9.47 Å². The monoisotopic (exact) mass is 261 g/mol. The van der Waals surface area contributed by atoms with Crippen molar-refractivity contribution in [2.45, 2.75) is 6.42 Å². The summed E-state index contributed by atoms with van der Waals surface area (Å²) in [6.45, 7) is 3.75. The fourth-order valence-corrected chi connectivity index (χ4v) is 2.00. The SMILES string of the molecule is C=CCc1cc2c(cc1OCOC)C(=O)N(C)C2=O. The van der Waals surface area contributed by atoms with Gasteiger partial charge in [0, 0.05) is 14.2 Å². The number of nitrogens with zero attached hydrogens (tertiary/aromatic N) is 1. The van der Waals surface area contributed by atoms with E-state index >= 15 is 0 Å². The molecule has 2 rings (SSSR count). The Morgan fingerprint density at radius 3 is 2.47 bits per heavy atom. The molecule has 0 radical (unpaired) electrons. The van der Waals surface area contributed by atoms with Crippen molar-refractivity contribution in [1.82, 2.24) is 4.90 Å². The van der Waals surface area contributed by atoms with Crippen molar-refractivity contribution in [3.05, 3.63) is 41.5 Å². The number of imide groups is 1. The summed E-state index contributed by atoms with van der Waals surface area (Å²) in [6, 6.07) is 3.28. The van der Waals surface area contributed by atoms with E-state index in [2.05, 4.69) is 6.58 Å². The Hall–Kier alpha value is -2.14. The van der Waals surface area contributed by atoms with Crippen LogP contribution < -0.4 is 4.74 Å². The van der Waals surface area contributed by atoms with Crippen molar-refractivity contribution in [2.24, 2.45) is 0 Å². The number of carbonyl (C=O) groups is 2. The van der Waals surface area contributed by atoms with Crippen molar-refractivity contribution in [3.63, 3.8) is 0 Å². The summed E-state index contributed by atoms with van der Waals surface area (Å²) in [5.74, 6) is -0.0621. The molecule has 0 bridgehead atoms. The van der Waals surface area contributed by atoms with E-state index in [0.717, 1.165) is 10.5 Å². The lowest BCUT2D eigenvalue weighted by Crippen LogP contribution is -2.24. The molecule has 5 heteroatoms. The van der Waals surface area contributed by atoms with Gasteiger partial charge in [-0.05, 0) is 24.1 Å². The third-order valence-electron chi connectivity index (χ3n) is 2.97. The standard InChI is InChI=1S/C14H15NO4/c1-4-5-9-6-10-11(7-12(9)19-8-18-3)14(17)15(2)13(10)16/h4,6-7H,1,5,8H2,2-3H3. The van der Waals surface area contributed by atoms with E-state index in [9.17, 15) is 9.59 Å². The Labute approximate surface area is 111 Å². The minimum absolute atomic E-state index is 0.0842. The molecule has 2 amide bonds. The van der Waals surface area contributed by atoms with Gasteiger partial charge in [0.1, 0.15) is 5.75 Å². The fourth-order valence-electron chi connectivity index (χ4n) is 2.00. The maximum absolute atomic E-state index is 11.9. The van der Waals surface area contributed by atoms with E-state index < -0.39 is 0 Å². The number of amides is 2. The number of hydrogen-bond donors (Lipinski definition) is 0. The topological polar surface area (TPSA) is 55.8 Å². The number of hydrogen-bond acceptors (Lipinski definition) is 4. The highest BCUT2D eigenvalue weighted by Crippen LogP contribution is 2.30. The molecule has 0 aromatic heterocycles. The highest BCUT2D eigenvalue weighted by Gasteiger charge is 2.33. The van der Waals surface area contributed by atoms with Crippen LogP contribution >= 0.6 is 0 Å². The van der Waals surface area contributed by atoms with E-state index in [0.29, 0.717) is 23.3 Å². The van der Waals surface area contributed by atoms with E-state index in [1.54, 1.807) is 18.2 Å². The van der Waals surface area contributed by atoms with Crippen LogP contribution in [0.3, 0.4) is 0 Å². The average molecular weight is 261 g/mol. The predicted octanol–water partition coefficient (Wildman–Crippen LogP) is 1.62. The van der Waals surface area contributed by atoms with Crippen LogP contribution in [0.15, 0.2) is 24.8 Å². The molecule has 0 saturated carbocycles. The van der Waals surface area contributed by atoms with Crippen molar-refractivity contribution in [3.8, 4) is 5.75 Å². The second kappa shape index (κ2) is 5.24. The normalized spacial score (nSPS) is 13.7. The van der Waals surface area contributed by atoms with Crippen LogP contribution in [-0.4, -0.2) is 37.7 Å². The number of allylic oxidation sites excluding steroid dienone is 1. The molecule has 1 aromatic carbocycles. The van der Waals surface area contributed by atoms with Gasteiger partial charge in [-0.3, -0.25) is 14.5 Å². The largest absolute Gasteiger partial charge is 0.467 e. The van der Waals surface area contributed by atoms with Crippen molar-refractivity contribution < 1.29 is 19.1 Å². The lowest BCUT2D eigenvalue weighted by atomic mass is 10.0. The first kappa shape index (κ1) is 13.3. The number of ether oxygens (including phenoxy) is 2. The number of benzene rings is 1. The van der Waals surface area contributed by atoms with Crippen LogP contribution in [0.5, 0.6) is 5.75 Å². The Morgan fingerprint density at radius 2 is 1.89 bits per heavy atom. The van der Waals surface area contributed by atoms with Crippen LogP contribution in [0.25, 0.3) is 0 Å². The lowest BCUT2D eigenvalue weighted by Gasteiger charge is -2.10. The molecule has 0 fully saturated rings. The number of carbonyl (C=O) groups excluding carboxylic acids is 2. The zero-order valence-electron chi connectivity index (χ0n) is 10.9. The molecule has 0 aliphatic carbocycles. The Kier molecular flexibility index (Phi) is 3.66. The molecule has 1 aliphatic rings. The lowest BCUT2D eigenvalue weighted by molar-refractivity contribution is 0.0504. The third-order valence-corrected chi connectivity index (χ3v) is 2.97. The van der Waals surface area contributed by atoms with E-state index in [1.165, 1.54) is 14.2 Å². The van der Waals surface area contributed by atoms with Gasteiger partial charge >= 0.3 is 0 Å². The van der Waals surface area contributed by atoms with Gasteiger partial charge in [0.05, 0.1) is 11.1 Å². The molecule has 100 valence electrons. The van der Waals surface area contributed by atoms with Crippen LogP contribution in [-0.2, 0) is 11.2 Å². The zero-order valence-corrected chi connectivity index (χ0v) is 10.9. The summed E-state index contributed by atoms with van der Waals surface area (Å²) in [5.41, 5.74) is 1.59. The molecule has 1 aliphatic heterocycles. The van der Waals surface area contributed by atoms with Gasteiger partial charge in [0.25, 0.3) is 11.8 Å². The minimum atomic E-state index is -0.313. The molecule has 5 nitrogen and oxygen atoms in total. The van der Waals surface area contributed by atoms with Crippen LogP contribution in [0.2, 0.25) is 0 Å². The summed E-state index contributed by atoms with van der Waals surface area (Å²) in [7, 11) is 2.98. The van der Waals surface area contributed by atoms with Gasteiger partial charge in [0.15, 0.2) is 6.79 Å². The average Bonchev–Trinajstić information content (AvgIpc) is 2.62. The number of rotatable bonds is 5. The first-order valence-corrected chi connectivity index (χ1v) is 5.82. The van der Waals surface area contributed by atoms with Gasteiger partial charge in [0.2, 0.25) is 0 Å². The molecule has 1 heterocycles. The van der Waals surface area contributed by atoms with Crippen LogP contribution in [0.1, 0.15) is 26.3 Å². The maximum Gasteiger partial charge on any atom is 0.261 e. The van der Waals surface area contributed by atoms with Crippen LogP contribution in [0, 0.1) is 0 Å². The summed E-state index contributed by atoms with van der Waals surface area (Å²) < 4.78 is 10.3. The second-order valence-electron chi connectivity index (χ2n) is 4.22. The molecular weight excluding hydrogens is 246 g/mol. The van der Waals surface area contributed by atoms with E-state index in [1.807, 2.05) is 0 Å². The molecule has 0 atom stereocenters. The van der Waals surface area contributed by atoms with Gasteiger partial charge in [-0.2, -0.15) is 0 Å². The highest BCUT2D eigenvalue weighted by atomic mass is 16.7. The highest BCUT2D eigenvalue weighted by molar-refractivity contribution is 6.21. The Balaban J connectivity index is 2.48. The molecule has 1 aromatic rings. The molecule has 0 unspecified atom stereocenters. The first-order chi connectivity index (χ1) is 9.10. The van der Waals surface area contributed by atoms with Gasteiger partial charge in [-0.15, -0.1) is 6.58 Å². The van der Waals surface area contributed by atoms with Crippen molar-refractivity contribution in [1.29, 1.82) is 0 Å². The number of methoxy groups -OCH3 is 1. The molecule has 0 saturated heterocycles. The summed E-state index contributed by atoms with van der Waals surface area (Å²) in [4.78, 5) is 24.9. The molecular formula is C14H15NO4. The minimum Gasteiger partial charge on any atom is -0.467 e. The smallest absolute Gasteiger partial charge is 0.261 e. The summed E-state index contributed by atoms with van der Waals surface area (Å²) in [5, 5.41) is 0. The van der Waals surface area contributed by atoms with Crippen molar-refractivity contribution >= 4 is 11.8 Å². The van der Waals surface area contributed by atoms with E-state index in [-0.39, 0.29) is 18.6 Å². The summed E-state index contributed by atoms with van der Waals surface area (Å²) >= 11 is 0. The molecule has 19 heavy (non-hydrogen) atoms. The van der Waals surface area contributed by atoms with Crippen LogP contribution in [0.4, 0.5) is 0 Å². The van der Waals surface area contributed by atoms with Gasteiger partial charge in [-0.25, -0.2) is 0 Å². The Morgan fingerprint density at radius 1 is 1.26 bits per heavy atom. The fraction of sp³-hybridized carbons (Fsp3) is 0.286. The van der Waals surface area contributed by atoms with E-state index in [4.69, 9.17) is 9.47 Å². The van der Waals surface area contributed by atoms with Gasteiger partial charge in [-0.1, -0.05) is 6.08 Å². The first-order valence-electron chi connectivity index (χ1n) is 5.82. The third kappa shape index (κ3) is 2.24. The predicted molar refractivity (Wildman–Crippen MR) is 69.3 cm³/mol. The zero-order chi connectivity index (χ0) is 14.0. The molecule has 0 spiro atoms. The quantitative estimate of drug-likeness (QED) is 0.459.